The van der Waals surface area contributed by atoms with Crippen LogP contribution in [0.3, 0.4) is 0 Å². The van der Waals surface area contributed by atoms with Gasteiger partial charge in [0, 0.05) is 25.5 Å². The second-order valence-electron chi connectivity index (χ2n) is 9.36. The highest BCUT2D eigenvalue weighted by atomic mass is 15.2. The molecule has 3 heteroatoms. The monoisotopic (exact) mass is 443 g/mol. The third-order valence-electron chi connectivity index (χ3n) is 6.82. The van der Waals surface area contributed by atoms with Gasteiger partial charge in [-0.2, -0.15) is 0 Å². The maximum atomic E-state index is 4.33. The van der Waals surface area contributed by atoms with Gasteiger partial charge in [0.25, 0.3) is 0 Å². The van der Waals surface area contributed by atoms with Gasteiger partial charge < -0.3 is 15.1 Å². The van der Waals surface area contributed by atoms with Gasteiger partial charge in [0.15, 0.2) is 0 Å². The number of hydrogen-bond donors (Lipinski definition) is 1. The van der Waals surface area contributed by atoms with Crippen LogP contribution in [0.15, 0.2) is 79.5 Å². The predicted octanol–water partition coefficient (Wildman–Crippen LogP) is 6.35. The largest absolute Gasteiger partial charge is 0.390 e. The average molecular weight is 444 g/mol. The Balaban J connectivity index is 1.59. The molecule has 0 aromatic heterocycles. The van der Waals surface area contributed by atoms with Crippen LogP contribution in [-0.4, -0.2) is 49.6 Å². The highest BCUT2D eigenvalue weighted by Crippen LogP contribution is 2.27. The molecule has 0 bridgehead atoms. The van der Waals surface area contributed by atoms with Crippen molar-refractivity contribution in [2.45, 2.75) is 45.1 Å². The Morgan fingerprint density at radius 1 is 0.939 bits per heavy atom. The summed E-state index contributed by atoms with van der Waals surface area (Å²) >= 11 is 0. The molecule has 1 N–H and O–H groups in total. The van der Waals surface area contributed by atoms with Crippen LogP contribution in [0.2, 0.25) is 0 Å². The maximum Gasteiger partial charge on any atom is 0.0886 e. The van der Waals surface area contributed by atoms with E-state index >= 15 is 0 Å². The minimum Gasteiger partial charge on any atom is -0.390 e. The van der Waals surface area contributed by atoms with Crippen LogP contribution in [0.5, 0.6) is 0 Å². The van der Waals surface area contributed by atoms with Gasteiger partial charge in [0.05, 0.1) is 6.04 Å². The van der Waals surface area contributed by atoms with Gasteiger partial charge in [-0.15, -0.1) is 0 Å². The lowest BCUT2D eigenvalue weighted by molar-refractivity contribution is 0.226. The minimum atomic E-state index is 0.00429. The quantitative estimate of drug-likeness (QED) is 0.408. The second-order valence-corrected chi connectivity index (χ2v) is 9.36. The highest BCUT2D eigenvalue weighted by Gasteiger charge is 2.20. The van der Waals surface area contributed by atoms with Crippen LogP contribution in [0.4, 0.5) is 0 Å². The molecule has 0 saturated carbocycles. The number of likely N-dealkylation sites (tertiary alicyclic amines) is 1. The van der Waals surface area contributed by atoms with Crippen molar-refractivity contribution in [1.29, 1.82) is 0 Å². The van der Waals surface area contributed by atoms with Crippen molar-refractivity contribution in [3.63, 3.8) is 0 Å². The fraction of sp³-hybridized carbons (Fsp3) is 0.400. The number of hydrogen-bond acceptors (Lipinski definition) is 3. The van der Waals surface area contributed by atoms with Crippen molar-refractivity contribution in [2.75, 3.05) is 33.7 Å². The molecule has 3 rings (SSSR count). The summed E-state index contributed by atoms with van der Waals surface area (Å²) in [6.45, 7) is 18.4. The summed E-state index contributed by atoms with van der Waals surface area (Å²) in [5, 5.41) is 3.16. The van der Waals surface area contributed by atoms with E-state index in [0.29, 0.717) is 0 Å². The lowest BCUT2D eigenvalue weighted by atomic mass is 9.99. The van der Waals surface area contributed by atoms with E-state index in [1.54, 1.807) is 0 Å². The molecular weight excluding hydrogens is 402 g/mol. The van der Waals surface area contributed by atoms with Crippen LogP contribution in [-0.2, 0) is 6.42 Å². The highest BCUT2D eigenvalue weighted by molar-refractivity contribution is 5.69. The molecule has 0 spiro atoms. The van der Waals surface area contributed by atoms with Crippen molar-refractivity contribution in [3.8, 4) is 11.1 Å². The average Bonchev–Trinajstić information content (AvgIpc) is 2.84. The van der Waals surface area contributed by atoms with Gasteiger partial charge >= 0.3 is 0 Å². The zero-order valence-electron chi connectivity index (χ0n) is 20.9. The molecule has 0 radical (unpaired) electrons. The summed E-state index contributed by atoms with van der Waals surface area (Å²) in [5.74, 6) is 0. The fourth-order valence-electron chi connectivity index (χ4n) is 4.77. The van der Waals surface area contributed by atoms with E-state index in [9.17, 15) is 0 Å². The number of aryl methyl sites for hydroxylation is 1. The summed E-state index contributed by atoms with van der Waals surface area (Å²) in [4.78, 5) is 4.76. The van der Waals surface area contributed by atoms with E-state index in [4.69, 9.17) is 0 Å². The number of likely N-dealkylation sites (N-methyl/N-ethyl adjacent to an activating group) is 2. The molecule has 1 aliphatic heterocycles. The Morgan fingerprint density at radius 2 is 1.52 bits per heavy atom. The van der Waals surface area contributed by atoms with Gasteiger partial charge in [0.2, 0.25) is 0 Å². The zero-order chi connectivity index (χ0) is 23.8. The molecule has 2 aromatic rings. The third kappa shape index (κ3) is 6.61. The number of nitrogens with one attached hydrogen (secondary N) is 1. The number of benzene rings is 2. The molecule has 3 nitrogen and oxygen atoms in total. The lowest BCUT2D eigenvalue weighted by Crippen LogP contribution is -2.36. The van der Waals surface area contributed by atoms with Gasteiger partial charge in [-0.1, -0.05) is 80.3 Å². The van der Waals surface area contributed by atoms with Crippen LogP contribution in [0, 0.1) is 0 Å². The first-order chi connectivity index (χ1) is 15.9. The van der Waals surface area contributed by atoms with E-state index in [0.717, 1.165) is 29.0 Å². The van der Waals surface area contributed by atoms with E-state index < -0.39 is 0 Å². The van der Waals surface area contributed by atoms with E-state index in [1.807, 2.05) is 21.0 Å². The molecule has 1 heterocycles. The molecular formula is C30H41N3. The van der Waals surface area contributed by atoms with Crippen LogP contribution < -0.4 is 5.32 Å². The van der Waals surface area contributed by atoms with Gasteiger partial charge in [-0.25, -0.2) is 0 Å². The molecule has 33 heavy (non-hydrogen) atoms. The molecule has 2 aromatic carbocycles. The maximum absolute atomic E-state index is 4.33. The third-order valence-corrected chi connectivity index (χ3v) is 6.82. The Hall–Kier alpha value is -2.78. The van der Waals surface area contributed by atoms with Crippen LogP contribution in [0.1, 0.15) is 43.7 Å². The molecule has 1 atom stereocenters. The zero-order valence-corrected chi connectivity index (χ0v) is 20.9. The summed E-state index contributed by atoms with van der Waals surface area (Å²) in [5.41, 5.74) is 7.91. The summed E-state index contributed by atoms with van der Waals surface area (Å²) < 4.78 is 0. The van der Waals surface area contributed by atoms with Crippen molar-refractivity contribution in [2.24, 2.45) is 0 Å². The molecule has 1 fully saturated rings. The van der Waals surface area contributed by atoms with Gasteiger partial charge in [-0.05, 0) is 74.5 Å². The number of rotatable bonds is 11. The first-order valence-electron chi connectivity index (χ1n) is 12.3. The van der Waals surface area contributed by atoms with Crippen molar-refractivity contribution < 1.29 is 0 Å². The molecule has 176 valence electrons. The standard InChI is InChI=1S/C30H41N3/c1-23(2)30(24(3)31-5)32(6)25(4)27-16-18-29(19-17-27)28-14-12-26(13-15-28)11-10-22-33-20-8-7-9-21-33/h12-19,30-31H,1,3-4,7-11,20-22H2,2,5-6H3. The predicted molar refractivity (Wildman–Crippen MR) is 144 cm³/mol. The Labute approximate surface area is 201 Å². The fourth-order valence-corrected chi connectivity index (χ4v) is 4.77. The number of nitrogens with zero attached hydrogens (tertiary/aromatic N) is 2. The van der Waals surface area contributed by atoms with E-state index in [-0.39, 0.29) is 6.04 Å². The summed E-state index contributed by atoms with van der Waals surface area (Å²) in [7, 11) is 3.94. The van der Waals surface area contributed by atoms with E-state index in [1.165, 1.54) is 62.0 Å². The molecule has 1 unspecified atom stereocenters. The lowest BCUT2D eigenvalue weighted by Gasteiger charge is -2.33. The van der Waals surface area contributed by atoms with Crippen LogP contribution >= 0.6 is 0 Å². The topological polar surface area (TPSA) is 18.5 Å². The smallest absolute Gasteiger partial charge is 0.0886 e. The van der Waals surface area contributed by atoms with Crippen molar-refractivity contribution in [3.05, 3.63) is 90.7 Å². The van der Waals surface area contributed by atoms with Crippen LogP contribution in [0.25, 0.3) is 16.8 Å². The molecule has 1 aliphatic rings. The molecule has 0 amide bonds. The summed E-state index contributed by atoms with van der Waals surface area (Å²) in [6.07, 6.45) is 6.55. The Bertz CT molecular complexity index is 934. The Kier molecular flexibility index (Phi) is 8.96. The normalized spacial score (nSPS) is 15.0. The van der Waals surface area contributed by atoms with E-state index in [2.05, 4.69) is 83.4 Å². The molecule has 1 saturated heterocycles. The second kappa shape index (κ2) is 11.9. The van der Waals surface area contributed by atoms with Gasteiger partial charge in [-0.3, -0.25) is 0 Å². The number of piperidine rings is 1. The van der Waals surface area contributed by atoms with Crippen molar-refractivity contribution in [1.82, 2.24) is 15.1 Å². The minimum absolute atomic E-state index is 0.00429. The van der Waals surface area contributed by atoms with Gasteiger partial charge in [0.1, 0.15) is 0 Å². The summed E-state index contributed by atoms with van der Waals surface area (Å²) in [6, 6.07) is 17.7. The molecule has 0 aliphatic carbocycles. The SMILES string of the molecule is C=C(C)C(C(=C)NC)N(C)C(=C)c1ccc(-c2ccc(CCCN3CCCCC3)cc2)cc1. The first kappa shape index (κ1) is 24.9. The van der Waals surface area contributed by atoms with Crippen molar-refractivity contribution >= 4 is 5.70 Å². The Morgan fingerprint density at radius 3 is 2.06 bits per heavy atom. The first-order valence-corrected chi connectivity index (χ1v) is 12.3.